The molecular formula is C50H63N9O6. The second-order valence-corrected chi connectivity index (χ2v) is 17.3. The molecule has 15 heteroatoms. The zero-order chi connectivity index (χ0) is 47.1. The van der Waals surface area contributed by atoms with Crippen molar-refractivity contribution in [1.29, 1.82) is 0 Å². The lowest BCUT2D eigenvalue weighted by Crippen LogP contribution is -2.54. The highest BCUT2D eigenvalue weighted by atomic mass is 16.5. The minimum Gasteiger partial charge on any atom is -0.453 e. The fourth-order valence-electron chi connectivity index (χ4n) is 8.49. The Bertz CT molecular complexity index is 2570. The van der Waals surface area contributed by atoms with Crippen LogP contribution in [0.4, 0.5) is 9.59 Å². The number of ether oxygens (including phenoxy) is 2. The Morgan fingerprint density at radius 1 is 0.615 bits per heavy atom. The SMILES string of the molecule is CC[C@@H](c1ncc(-c2ccc(-c3ccc(-c4ccc(-c5cnc([C@H](CC)N(C(=O)[C@@H](NC(=O)OC)C(C)C)C(C)C)[nH]5)cc4)c4[nH]ccc34)cc2)[nH]1)N(C)C(=O)[C@@H](NC(=O)OC)C(C)C. The van der Waals surface area contributed by atoms with Gasteiger partial charge in [-0.15, -0.1) is 0 Å². The van der Waals surface area contributed by atoms with Crippen LogP contribution < -0.4 is 10.6 Å². The van der Waals surface area contributed by atoms with E-state index in [0.29, 0.717) is 24.5 Å². The van der Waals surface area contributed by atoms with Gasteiger partial charge in [-0.1, -0.05) is 102 Å². The van der Waals surface area contributed by atoms with E-state index in [1.165, 1.54) is 14.2 Å². The average molecular weight is 886 g/mol. The van der Waals surface area contributed by atoms with Gasteiger partial charge in [0, 0.05) is 30.2 Å². The number of alkyl carbamates (subject to hydrolysis) is 2. The molecule has 5 N–H and O–H groups in total. The van der Waals surface area contributed by atoms with Crippen LogP contribution in [0.5, 0.6) is 0 Å². The molecule has 4 amide bonds. The van der Waals surface area contributed by atoms with E-state index < -0.39 is 24.3 Å². The monoisotopic (exact) mass is 885 g/mol. The van der Waals surface area contributed by atoms with E-state index in [0.717, 1.165) is 55.7 Å². The van der Waals surface area contributed by atoms with Crippen molar-refractivity contribution in [2.24, 2.45) is 11.8 Å². The molecule has 0 spiro atoms. The molecule has 4 atom stereocenters. The predicted octanol–water partition coefficient (Wildman–Crippen LogP) is 9.64. The number of nitrogens with one attached hydrogen (secondary N) is 5. The summed E-state index contributed by atoms with van der Waals surface area (Å²) in [5.41, 5.74) is 8.88. The molecule has 15 nitrogen and oxygen atoms in total. The van der Waals surface area contributed by atoms with Crippen LogP contribution in [0.2, 0.25) is 0 Å². The van der Waals surface area contributed by atoms with Crippen molar-refractivity contribution in [1.82, 2.24) is 45.4 Å². The summed E-state index contributed by atoms with van der Waals surface area (Å²) in [5, 5.41) is 6.49. The fourth-order valence-corrected chi connectivity index (χ4v) is 8.49. The summed E-state index contributed by atoms with van der Waals surface area (Å²) >= 11 is 0. The van der Waals surface area contributed by atoms with Crippen LogP contribution in [0.3, 0.4) is 0 Å². The number of benzene rings is 3. The Labute approximate surface area is 381 Å². The topological polar surface area (TPSA) is 190 Å². The Morgan fingerprint density at radius 2 is 1.06 bits per heavy atom. The maximum Gasteiger partial charge on any atom is 0.407 e. The number of H-pyrrole nitrogens is 3. The van der Waals surface area contributed by atoms with E-state index in [1.807, 2.05) is 61.6 Å². The van der Waals surface area contributed by atoms with E-state index in [1.54, 1.807) is 29.2 Å². The zero-order valence-corrected chi connectivity index (χ0v) is 39.3. The van der Waals surface area contributed by atoms with Crippen LogP contribution in [0.15, 0.2) is 85.3 Å². The molecule has 344 valence electrons. The molecule has 0 aliphatic rings. The number of aromatic amines is 3. The molecule has 0 bridgehead atoms. The second kappa shape index (κ2) is 20.7. The van der Waals surface area contributed by atoms with Gasteiger partial charge in [-0.05, 0) is 72.4 Å². The molecule has 0 saturated heterocycles. The molecule has 0 radical (unpaired) electrons. The van der Waals surface area contributed by atoms with E-state index in [2.05, 4.69) is 97.3 Å². The molecule has 0 fully saturated rings. The second-order valence-electron chi connectivity index (χ2n) is 17.3. The van der Waals surface area contributed by atoms with Gasteiger partial charge in [-0.2, -0.15) is 0 Å². The standard InChI is InChI=1S/C50H63N9O6/c1-12-40(58(9)47(60)42(28(3)4)56-49(62)64-10)45-52-26-38(54-45)33-18-14-31(15-19-33)35-22-23-36(44-37(35)24-25-51-44)32-16-20-34(21-17-32)39-27-53-46(55-39)41(13-2)59(30(7)8)48(61)43(29(5)6)57-50(63)65-11/h14-30,40-43,51H,12-13H2,1-11H3,(H,52,54)(H,53,55)(H,56,62)(H,57,63)/t40-,41-,42-,43-/m0/s1. The lowest BCUT2D eigenvalue weighted by molar-refractivity contribution is -0.139. The van der Waals surface area contributed by atoms with Crippen molar-refractivity contribution in [3.05, 3.63) is 97.0 Å². The predicted molar refractivity (Wildman–Crippen MR) is 253 cm³/mol. The third-order valence-electron chi connectivity index (χ3n) is 12.1. The van der Waals surface area contributed by atoms with Crippen molar-refractivity contribution >= 4 is 34.9 Å². The van der Waals surface area contributed by atoms with Crippen molar-refractivity contribution in [3.8, 4) is 44.8 Å². The number of imidazole rings is 2. The molecule has 3 aromatic heterocycles. The molecule has 0 aliphatic carbocycles. The Kier molecular flexibility index (Phi) is 15.2. The van der Waals surface area contributed by atoms with E-state index >= 15 is 0 Å². The smallest absolute Gasteiger partial charge is 0.407 e. The summed E-state index contributed by atoms with van der Waals surface area (Å²) in [6.45, 7) is 15.5. The largest absolute Gasteiger partial charge is 0.453 e. The first-order chi connectivity index (χ1) is 31.1. The van der Waals surface area contributed by atoms with Crippen molar-refractivity contribution < 1.29 is 28.7 Å². The Morgan fingerprint density at radius 3 is 1.52 bits per heavy atom. The molecule has 3 aromatic carbocycles. The third-order valence-corrected chi connectivity index (χ3v) is 12.1. The molecule has 65 heavy (non-hydrogen) atoms. The molecule has 0 saturated carbocycles. The number of carbonyl (C=O) groups is 4. The lowest BCUT2D eigenvalue weighted by atomic mass is 9.95. The molecule has 0 aliphatic heterocycles. The minimum atomic E-state index is -0.749. The van der Waals surface area contributed by atoms with Crippen LogP contribution in [0, 0.1) is 11.8 Å². The van der Waals surface area contributed by atoms with E-state index in [9.17, 15) is 19.2 Å². The van der Waals surface area contributed by atoms with Gasteiger partial charge in [0.15, 0.2) is 0 Å². The van der Waals surface area contributed by atoms with Gasteiger partial charge in [-0.25, -0.2) is 19.6 Å². The van der Waals surface area contributed by atoms with Crippen molar-refractivity contribution in [2.75, 3.05) is 21.3 Å². The maximum absolute atomic E-state index is 13.9. The minimum absolute atomic E-state index is 0.140. The Hall–Kier alpha value is -6.90. The van der Waals surface area contributed by atoms with Crippen molar-refractivity contribution in [3.63, 3.8) is 0 Å². The summed E-state index contributed by atoms with van der Waals surface area (Å²) in [6, 6.07) is 20.8. The third kappa shape index (κ3) is 10.2. The molecule has 3 heterocycles. The van der Waals surface area contributed by atoms with Crippen LogP contribution >= 0.6 is 0 Å². The normalized spacial score (nSPS) is 13.4. The number of amides is 4. The highest BCUT2D eigenvalue weighted by Gasteiger charge is 2.36. The quantitative estimate of drug-likeness (QED) is 0.0598. The van der Waals surface area contributed by atoms with Crippen LogP contribution in [0.1, 0.15) is 92.0 Å². The molecule has 6 aromatic rings. The van der Waals surface area contributed by atoms with Gasteiger partial charge in [0.1, 0.15) is 23.7 Å². The van der Waals surface area contributed by atoms with E-state index in [-0.39, 0.29) is 41.8 Å². The first-order valence-electron chi connectivity index (χ1n) is 22.3. The molecule has 0 unspecified atom stereocenters. The van der Waals surface area contributed by atoms with Crippen LogP contribution in [-0.4, -0.2) is 98.1 Å². The van der Waals surface area contributed by atoms with Gasteiger partial charge in [0.05, 0.1) is 55.6 Å². The Balaban J connectivity index is 1.18. The summed E-state index contributed by atoms with van der Waals surface area (Å²) in [7, 11) is 4.30. The van der Waals surface area contributed by atoms with Crippen molar-refractivity contribution in [2.45, 2.75) is 98.4 Å². The number of hydrogen-bond acceptors (Lipinski definition) is 8. The van der Waals surface area contributed by atoms with Gasteiger partial charge in [0.25, 0.3) is 0 Å². The number of fused-ring (bicyclic) bond motifs is 1. The summed E-state index contributed by atoms with van der Waals surface area (Å²) in [5.74, 6) is 0.638. The van der Waals surface area contributed by atoms with Gasteiger partial charge in [-0.3, -0.25) is 9.59 Å². The first kappa shape index (κ1) is 47.6. The number of rotatable bonds is 17. The number of methoxy groups -OCH3 is 2. The summed E-state index contributed by atoms with van der Waals surface area (Å²) < 4.78 is 9.57. The van der Waals surface area contributed by atoms with Crippen LogP contribution in [0.25, 0.3) is 55.7 Å². The molecule has 6 rings (SSSR count). The fraction of sp³-hybridized carbons (Fsp3) is 0.400. The number of likely N-dealkylation sites (N-methyl/N-ethyl adjacent to an activating group) is 1. The number of nitrogens with zero attached hydrogens (tertiary/aromatic N) is 4. The zero-order valence-electron chi connectivity index (χ0n) is 39.3. The lowest BCUT2D eigenvalue weighted by Gasteiger charge is -2.37. The highest BCUT2D eigenvalue weighted by molar-refractivity contribution is 6.03. The van der Waals surface area contributed by atoms with Gasteiger partial charge >= 0.3 is 12.2 Å². The van der Waals surface area contributed by atoms with Crippen LogP contribution in [-0.2, 0) is 19.1 Å². The number of hydrogen-bond donors (Lipinski definition) is 5. The summed E-state index contributed by atoms with van der Waals surface area (Å²) in [6.07, 6.45) is 5.51. The van der Waals surface area contributed by atoms with Gasteiger partial charge in [0.2, 0.25) is 11.8 Å². The maximum atomic E-state index is 13.9. The summed E-state index contributed by atoms with van der Waals surface area (Å²) in [4.78, 5) is 74.8. The number of carbonyl (C=O) groups excluding carboxylic acids is 4. The molecular weight excluding hydrogens is 823 g/mol. The first-order valence-corrected chi connectivity index (χ1v) is 22.3. The number of aromatic nitrogens is 5. The van der Waals surface area contributed by atoms with E-state index in [4.69, 9.17) is 14.5 Å². The average Bonchev–Trinajstić information content (AvgIpc) is 4.11. The highest BCUT2D eigenvalue weighted by Crippen LogP contribution is 2.37. The van der Waals surface area contributed by atoms with Gasteiger partial charge < -0.3 is 44.9 Å².